The summed E-state index contributed by atoms with van der Waals surface area (Å²) in [6, 6.07) is 5.03. The Morgan fingerprint density at radius 1 is 1.37 bits per heavy atom. The number of nitro benzene ring substituents is 1. The third kappa shape index (κ3) is 3.16. The van der Waals surface area contributed by atoms with E-state index in [1.165, 1.54) is 25.3 Å². The summed E-state index contributed by atoms with van der Waals surface area (Å²) in [7, 11) is 1.58. The predicted molar refractivity (Wildman–Crippen MR) is 74.7 cm³/mol. The molecule has 1 saturated carbocycles. The van der Waals surface area contributed by atoms with Crippen LogP contribution in [0.25, 0.3) is 0 Å². The molecule has 2 unspecified atom stereocenters. The Morgan fingerprint density at radius 2 is 2.11 bits per heavy atom. The van der Waals surface area contributed by atoms with E-state index in [-0.39, 0.29) is 10.6 Å². The maximum absolute atomic E-state index is 10.8. The normalized spacial score (nSPS) is 22.8. The molecule has 1 N–H and O–H groups in total. The highest BCUT2D eigenvalue weighted by molar-refractivity contribution is 5.62. The lowest BCUT2D eigenvalue weighted by atomic mass is 9.86. The lowest BCUT2D eigenvalue weighted by Crippen LogP contribution is -2.30. The molecule has 0 heterocycles. The summed E-state index contributed by atoms with van der Waals surface area (Å²) >= 11 is 0. The van der Waals surface area contributed by atoms with Gasteiger partial charge in [0.15, 0.2) is 0 Å². The van der Waals surface area contributed by atoms with Gasteiger partial charge in [-0.15, -0.1) is 0 Å². The van der Waals surface area contributed by atoms with Crippen LogP contribution >= 0.6 is 0 Å². The molecule has 0 aliphatic heterocycles. The van der Waals surface area contributed by atoms with Crippen LogP contribution in [0.2, 0.25) is 0 Å². The summed E-state index contributed by atoms with van der Waals surface area (Å²) in [5.74, 6) is 1.24. The number of hydrogen-bond donors (Lipinski definition) is 1. The van der Waals surface area contributed by atoms with Gasteiger partial charge in [0, 0.05) is 18.2 Å². The van der Waals surface area contributed by atoms with Crippen molar-refractivity contribution in [1.82, 2.24) is 0 Å². The molecule has 5 heteroatoms. The van der Waals surface area contributed by atoms with Gasteiger partial charge in [0.05, 0.1) is 17.7 Å². The Morgan fingerprint density at radius 3 is 2.74 bits per heavy atom. The summed E-state index contributed by atoms with van der Waals surface area (Å²) < 4.78 is 5.27. The first-order valence-corrected chi connectivity index (χ1v) is 6.71. The van der Waals surface area contributed by atoms with E-state index in [2.05, 4.69) is 12.2 Å². The van der Waals surface area contributed by atoms with Gasteiger partial charge >= 0.3 is 0 Å². The van der Waals surface area contributed by atoms with Crippen LogP contribution in [0.3, 0.4) is 0 Å². The molecule has 0 aromatic heterocycles. The standard InChI is InChI=1S/C14H20N2O3/c1-10-5-3-4-6-12(10)15-13-9-11(16(17)18)7-8-14(13)19-2/h7-10,12,15H,3-6H2,1-2H3. The lowest BCUT2D eigenvalue weighted by molar-refractivity contribution is -0.384. The van der Waals surface area contributed by atoms with Crippen molar-refractivity contribution < 1.29 is 9.66 Å². The van der Waals surface area contributed by atoms with Gasteiger partial charge in [-0.05, 0) is 24.8 Å². The van der Waals surface area contributed by atoms with Crippen LogP contribution in [0.1, 0.15) is 32.6 Å². The topological polar surface area (TPSA) is 64.4 Å². The zero-order valence-corrected chi connectivity index (χ0v) is 11.4. The molecule has 0 radical (unpaired) electrons. The zero-order valence-electron chi connectivity index (χ0n) is 11.4. The molecule has 0 spiro atoms. The van der Waals surface area contributed by atoms with E-state index < -0.39 is 0 Å². The Labute approximate surface area is 113 Å². The monoisotopic (exact) mass is 264 g/mol. The van der Waals surface area contributed by atoms with Gasteiger partial charge in [-0.3, -0.25) is 10.1 Å². The van der Waals surface area contributed by atoms with Crippen LogP contribution in [0.4, 0.5) is 11.4 Å². The van der Waals surface area contributed by atoms with Gasteiger partial charge in [-0.2, -0.15) is 0 Å². The van der Waals surface area contributed by atoms with Crippen LogP contribution in [0.5, 0.6) is 5.75 Å². The van der Waals surface area contributed by atoms with E-state index in [0.717, 1.165) is 12.1 Å². The van der Waals surface area contributed by atoms with Crippen molar-refractivity contribution >= 4 is 11.4 Å². The number of rotatable bonds is 4. The van der Waals surface area contributed by atoms with E-state index in [1.54, 1.807) is 19.2 Å². The van der Waals surface area contributed by atoms with Crippen molar-refractivity contribution in [3.05, 3.63) is 28.3 Å². The van der Waals surface area contributed by atoms with Crippen molar-refractivity contribution in [3.8, 4) is 5.75 Å². The van der Waals surface area contributed by atoms with Crippen LogP contribution in [-0.4, -0.2) is 18.1 Å². The van der Waals surface area contributed by atoms with Gasteiger partial charge in [0.25, 0.3) is 5.69 Å². The van der Waals surface area contributed by atoms with Gasteiger partial charge in [0.1, 0.15) is 5.75 Å². The second kappa shape index (κ2) is 5.91. The van der Waals surface area contributed by atoms with Crippen LogP contribution < -0.4 is 10.1 Å². The summed E-state index contributed by atoms with van der Waals surface area (Å²) in [5, 5.41) is 14.3. The number of anilines is 1. The zero-order chi connectivity index (χ0) is 13.8. The van der Waals surface area contributed by atoms with Gasteiger partial charge in [-0.1, -0.05) is 19.8 Å². The number of non-ortho nitro benzene ring substituents is 1. The number of methoxy groups -OCH3 is 1. The van der Waals surface area contributed by atoms with Crippen LogP contribution in [0, 0.1) is 16.0 Å². The van der Waals surface area contributed by atoms with Gasteiger partial charge in [0.2, 0.25) is 0 Å². The fourth-order valence-corrected chi connectivity index (χ4v) is 2.65. The van der Waals surface area contributed by atoms with Gasteiger partial charge in [-0.25, -0.2) is 0 Å². The maximum Gasteiger partial charge on any atom is 0.271 e. The fraction of sp³-hybridized carbons (Fsp3) is 0.571. The fourth-order valence-electron chi connectivity index (χ4n) is 2.65. The van der Waals surface area contributed by atoms with Crippen molar-refractivity contribution in [3.63, 3.8) is 0 Å². The molecule has 0 saturated heterocycles. The molecule has 0 bridgehead atoms. The number of nitrogens with one attached hydrogen (secondary N) is 1. The summed E-state index contributed by atoms with van der Waals surface area (Å²) in [6.07, 6.45) is 4.78. The largest absolute Gasteiger partial charge is 0.495 e. The maximum atomic E-state index is 10.8. The molecule has 104 valence electrons. The Bertz CT molecular complexity index is 462. The third-order valence-electron chi connectivity index (χ3n) is 3.85. The second-order valence-corrected chi connectivity index (χ2v) is 5.15. The number of benzene rings is 1. The van der Waals surface area contributed by atoms with E-state index in [0.29, 0.717) is 17.7 Å². The SMILES string of the molecule is COc1ccc([N+](=O)[O-])cc1NC1CCCCC1C. The number of nitrogens with zero attached hydrogens (tertiary/aromatic N) is 1. The molecule has 0 amide bonds. The quantitative estimate of drug-likeness (QED) is 0.666. The van der Waals surface area contributed by atoms with Gasteiger partial charge < -0.3 is 10.1 Å². The van der Waals surface area contributed by atoms with Crippen molar-refractivity contribution in [2.45, 2.75) is 38.6 Å². The highest BCUT2D eigenvalue weighted by atomic mass is 16.6. The first-order chi connectivity index (χ1) is 9.11. The summed E-state index contributed by atoms with van der Waals surface area (Å²) in [6.45, 7) is 2.22. The number of ether oxygens (including phenoxy) is 1. The Kier molecular flexibility index (Phi) is 4.24. The molecule has 5 nitrogen and oxygen atoms in total. The molecule has 1 aromatic rings. The molecular weight excluding hydrogens is 244 g/mol. The van der Waals surface area contributed by atoms with Crippen LogP contribution in [-0.2, 0) is 0 Å². The van der Waals surface area contributed by atoms with E-state index in [1.807, 2.05) is 0 Å². The third-order valence-corrected chi connectivity index (χ3v) is 3.85. The number of hydrogen-bond acceptors (Lipinski definition) is 4. The molecular formula is C14H20N2O3. The first kappa shape index (κ1) is 13.6. The van der Waals surface area contributed by atoms with Crippen molar-refractivity contribution in [1.29, 1.82) is 0 Å². The molecule has 1 fully saturated rings. The highest BCUT2D eigenvalue weighted by Crippen LogP contribution is 2.33. The first-order valence-electron chi connectivity index (χ1n) is 6.71. The minimum absolute atomic E-state index is 0.0896. The molecule has 19 heavy (non-hydrogen) atoms. The molecule has 2 atom stereocenters. The smallest absolute Gasteiger partial charge is 0.271 e. The highest BCUT2D eigenvalue weighted by Gasteiger charge is 2.22. The van der Waals surface area contributed by atoms with Crippen molar-refractivity contribution in [2.24, 2.45) is 5.92 Å². The van der Waals surface area contributed by atoms with Crippen molar-refractivity contribution in [2.75, 3.05) is 12.4 Å². The molecule has 1 aliphatic rings. The Hall–Kier alpha value is -1.78. The summed E-state index contributed by atoms with van der Waals surface area (Å²) in [4.78, 5) is 10.5. The lowest BCUT2D eigenvalue weighted by Gasteiger charge is -2.30. The predicted octanol–water partition coefficient (Wildman–Crippen LogP) is 3.59. The molecule has 1 aromatic carbocycles. The minimum Gasteiger partial charge on any atom is -0.495 e. The summed E-state index contributed by atoms with van der Waals surface area (Å²) in [5.41, 5.74) is 0.808. The average Bonchev–Trinajstić information content (AvgIpc) is 2.41. The second-order valence-electron chi connectivity index (χ2n) is 5.15. The number of nitro groups is 1. The van der Waals surface area contributed by atoms with E-state index in [9.17, 15) is 10.1 Å². The average molecular weight is 264 g/mol. The molecule has 2 rings (SSSR count). The Balaban J connectivity index is 2.21. The van der Waals surface area contributed by atoms with E-state index in [4.69, 9.17) is 4.74 Å². The minimum atomic E-state index is -0.380. The molecule has 1 aliphatic carbocycles. The van der Waals surface area contributed by atoms with E-state index >= 15 is 0 Å². The van der Waals surface area contributed by atoms with Crippen LogP contribution in [0.15, 0.2) is 18.2 Å².